The number of fused-ring (bicyclic) bond motifs is 1. The first-order valence-corrected chi connectivity index (χ1v) is 9.78. The number of aromatic nitrogens is 2. The van der Waals surface area contributed by atoms with Crippen LogP contribution in [-0.4, -0.2) is 55.9 Å². The first-order chi connectivity index (χ1) is 15.2. The molecule has 2 atom stereocenters. The van der Waals surface area contributed by atoms with Crippen LogP contribution in [0, 0.1) is 34.2 Å². The Morgan fingerprint density at radius 1 is 1.38 bits per heavy atom. The first-order valence-electron chi connectivity index (χ1n) is 9.78. The van der Waals surface area contributed by atoms with E-state index in [-0.39, 0.29) is 13.1 Å². The maximum atomic E-state index is 14.0. The monoisotopic (exact) mass is 448 g/mol. The number of nitriles is 1. The molecule has 2 unspecified atom stereocenters. The standard InChI is InChI=1S/C20H19F3N6O3/c1-12-7-27-13(2-3-25-27)8-26(12)19(32)29(14-4-15(21)18(23)16(22)5-14)28-10-20(9-24,11-30)6-17(28)31/h2-5,12,30H,6-8,10-11H2,1H3. The van der Waals surface area contributed by atoms with Gasteiger partial charge in [-0.05, 0) is 13.0 Å². The lowest BCUT2D eigenvalue weighted by Gasteiger charge is -2.40. The minimum atomic E-state index is -1.72. The highest BCUT2D eigenvalue weighted by molar-refractivity contribution is 5.96. The zero-order chi connectivity index (χ0) is 23.2. The van der Waals surface area contributed by atoms with Crippen molar-refractivity contribution in [3.8, 4) is 6.07 Å². The van der Waals surface area contributed by atoms with Crippen molar-refractivity contribution in [2.75, 3.05) is 18.2 Å². The second-order valence-electron chi connectivity index (χ2n) is 7.98. The molecule has 2 aromatic rings. The third-order valence-corrected chi connectivity index (χ3v) is 5.76. The number of anilines is 1. The molecular weight excluding hydrogens is 429 g/mol. The summed E-state index contributed by atoms with van der Waals surface area (Å²) < 4.78 is 43.4. The second kappa shape index (κ2) is 7.83. The van der Waals surface area contributed by atoms with E-state index in [0.717, 1.165) is 10.0 Å². The van der Waals surface area contributed by atoms with Crippen LogP contribution >= 0.6 is 0 Å². The van der Waals surface area contributed by atoms with Crippen LogP contribution in [-0.2, 0) is 17.9 Å². The van der Waals surface area contributed by atoms with Crippen LogP contribution in [0.3, 0.4) is 0 Å². The Bertz CT molecular complexity index is 1110. The predicted molar refractivity (Wildman–Crippen MR) is 103 cm³/mol. The van der Waals surface area contributed by atoms with E-state index in [4.69, 9.17) is 0 Å². The molecule has 4 rings (SSSR count). The van der Waals surface area contributed by atoms with Crippen molar-refractivity contribution in [2.45, 2.75) is 32.5 Å². The Kier molecular flexibility index (Phi) is 5.29. The lowest BCUT2D eigenvalue weighted by atomic mass is 9.90. The summed E-state index contributed by atoms with van der Waals surface area (Å²) in [5.74, 6) is -5.49. The summed E-state index contributed by atoms with van der Waals surface area (Å²) in [6, 6.07) is 3.60. The highest BCUT2D eigenvalue weighted by atomic mass is 19.2. The average molecular weight is 448 g/mol. The van der Waals surface area contributed by atoms with Gasteiger partial charge in [-0.15, -0.1) is 0 Å². The number of amides is 3. The van der Waals surface area contributed by atoms with Crippen LogP contribution < -0.4 is 5.01 Å². The molecule has 0 radical (unpaired) electrons. The Morgan fingerprint density at radius 3 is 2.66 bits per heavy atom. The van der Waals surface area contributed by atoms with Crippen LogP contribution in [0.25, 0.3) is 0 Å². The van der Waals surface area contributed by atoms with Gasteiger partial charge >= 0.3 is 6.03 Å². The van der Waals surface area contributed by atoms with Crippen LogP contribution in [0.15, 0.2) is 24.4 Å². The SMILES string of the molecule is CC1Cn2nccc2CN1C(=O)N(c1cc(F)c(F)c(F)c1)N1CC(C#N)(CO)CC1=O. The quantitative estimate of drug-likeness (QED) is 0.721. The minimum Gasteiger partial charge on any atom is -0.395 e. The number of aliphatic hydroxyl groups is 1. The molecule has 1 N–H and O–H groups in total. The number of benzene rings is 1. The van der Waals surface area contributed by atoms with Gasteiger partial charge in [0.05, 0.1) is 56.2 Å². The summed E-state index contributed by atoms with van der Waals surface area (Å²) in [5, 5.41) is 24.9. The summed E-state index contributed by atoms with van der Waals surface area (Å²) in [6.07, 6.45) is 1.18. The molecule has 1 fully saturated rings. The molecule has 1 aromatic carbocycles. The van der Waals surface area contributed by atoms with E-state index in [0.29, 0.717) is 24.4 Å². The highest BCUT2D eigenvalue weighted by Gasteiger charge is 2.48. The van der Waals surface area contributed by atoms with E-state index >= 15 is 0 Å². The molecule has 168 valence electrons. The van der Waals surface area contributed by atoms with Crippen LogP contribution in [0.5, 0.6) is 0 Å². The van der Waals surface area contributed by atoms with Gasteiger partial charge in [0, 0.05) is 18.3 Å². The smallest absolute Gasteiger partial charge is 0.344 e. The number of rotatable bonds is 3. The summed E-state index contributed by atoms with van der Waals surface area (Å²) in [6.45, 7) is 1.16. The number of hydrogen-bond donors (Lipinski definition) is 1. The highest BCUT2D eigenvalue weighted by Crippen LogP contribution is 2.35. The van der Waals surface area contributed by atoms with Gasteiger partial charge in [-0.1, -0.05) is 0 Å². The fourth-order valence-corrected chi connectivity index (χ4v) is 3.94. The van der Waals surface area contributed by atoms with Gasteiger partial charge in [0.25, 0.3) is 0 Å². The molecule has 0 bridgehead atoms. The third kappa shape index (κ3) is 3.44. The van der Waals surface area contributed by atoms with E-state index in [1.54, 1.807) is 23.9 Å². The Balaban J connectivity index is 1.77. The summed E-state index contributed by atoms with van der Waals surface area (Å²) in [5.41, 5.74) is -1.20. The lowest BCUT2D eigenvalue weighted by Crippen LogP contribution is -2.57. The molecule has 2 aliphatic rings. The van der Waals surface area contributed by atoms with Gasteiger partial charge in [0.15, 0.2) is 17.5 Å². The molecule has 1 saturated heterocycles. The fourth-order valence-electron chi connectivity index (χ4n) is 3.94. The number of hydrazine groups is 1. The Labute approximate surface area is 180 Å². The molecule has 2 aliphatic heterocycles. The number of aliphatic hydroxyl groups excluding tert-OH is 1. The molecule has 32 heavy (non-hydrogen) atoms. The third-order valence-electron chi connectivity index (χ3n) is 5.76. The van der Waals surface area contributed by atoms with E-state index in [1.165, 1.54) is 4.90 Å². The maximum Gasteiger partial charge on any atom is 0.344 e. The predicted octanol–water partition coefficient (Wildman–Crippen LogP) is 1.78. The molecule has 3 heterocycles. The van der Waals surface area contributed by atoms with E-state index in [9.17, 15) is 33.1 Å². The average Bonchev–Trinajstić information content (AvgIpc) is 3.35. The molecule has 0 spiro atoms. The van der Waals surface area contributed by atoms with Crippen molar-refractivity contribution in [2.24, 2.45) is 5.41 Å². The summed E-state index contributed by atoms with van der Waals surface area (Å²) in [7, 11) is 0. The molecule has 9 nitrogen and oxygen atoms in total. The molecule has 0 aliphatic carbocycles. The van der Waals surface area contributed by atoms with Crippen LogP contribution in [0.4, 0.5) is 23.7 Å². The number of urea groups is 1. The molecular formula is C20H19F3N6O3. The number of hydrogen-bond acceptors (Lipinski definition) is 5. The van der Waals surface area contributed by atoms with Crippen molar-refractivity contribution in [1.82, 2.24) is 19.7 Å². The van der Waals surface area contributed by atoms with Gasteiger partial charge in [0.1, 0.15) is 5.41 Å². The van der Waals surface area contributed by atoms with Gasteiger partial charge in [0.2, 0.25) is 5.91 Å². The van der Waals surface area contributed by atoms with Crippen molar-refractivity contribution in [1.29, 1.82) is 5.26 Å². The topological polar surface area (TPSA) is 106 Å². The summed E-state index contributed by atoms with van der Waals surface area (Å²) >= 11 is 0. The number of carbonyl (C=O) groups is 2. The van der Waals surface area contributed by atoms with E-state index in [1.807, 2.05) is 6.07 Å². The van der Waals surface area contributed by atoms with Crippen molar-refractivity contribution >= 4 is 17.6 Å². The maximum absolute atomic E-state index is 14.0. The molecule has 0 saturated carbocycles. The van der Waals surface area contributed by atoms with Crippen molar-refractivity contribution in [3.63, 3.8) is 0 Å². The molecule has 12 heteroatoms. The van der Waals surface area contributed by atoms with Crippen LogP contribution in [0.1, 0.15) is 19.0 Å². The number of carbonyl (C=O) groups excluding carboxylic acids is 2. The zero-order valence-electron chi connectivity index (χ0n) is 17.0. The van der Waals surface area contributed by atoms with Gasteiger partial charge < -0.3 is 10.0 Å². The largest absolute Gasteiger partial charge is 0.395 e. The number of nitrogens with zero attached hydrogens (tertiary/aromatic N) is 6. The second-order valence-corrected chi connectivity index (χ2v) is 7.98. The number of halogens is 3. The zero-order valence-corrected chi connectivity index (χ0v) is 17.0. The summed E-state index contributed by atoms with van der Waals surface area (Å²) in [4.78, 5) is 27.8. The molecule has 1 aromatic heterocycles. The van der Waals surface area contributed by atoms with Gasteiger partial charge in [-0.25, -0.2) is 23.0 Å². The van der Waals surface area contributed by atoms with Crippen molar-refractivity contribution < 1.29 is 27.9 Å². The Morgan fingerprint density at radius 2 is 2.06 bits per heavy atom. The van der Waals surface area contributed by atoms with Gasteiger partial charge in [-0.3, -0.25) is 9.48 Å². The van der Waals surface area contributed by atoms with E-state index < -0.39 is 59.6 Å². The van der Waals surface area contributed by atoms with Crippen molar-refractivity contribution in [3.05, 3.63) is 47.5 Å². The minimum absolute atomic E-state index is 0.105. The lowest BCUT2D eigenvalue weighted by molar-refractivity contribution is -0.128. The fraction of sp³-hybridized carbons (Fsp3) is 0.400. The normalized spacial score (nSPS) is 22.6. The van der Waals surface area contributed by atoms with Gasteiger partial charge in [-0.2, -0.15) is 15.4 Å². The Hall–Kier alpha value is -3.59. The molecule has 3 amide bonds. The van der Waals surface area contributed by atoms with E-state index in [2.05, 4.69) is 5.10 Å². The first kappa shape index (κ1) is 21.6. The van der Waals surface area contributed by atoms with Crippen LogP contribution in [0.2, 0.25) is 0 Å².